The lowest BCUT2D eigenvalue weighted by atomic mass is 10.00. The maximum absolute atomic E-state index is 12.0. The van der Waals surface area contributed by atoms with Crippen LogP contribution in [0, 0.1) is 5.92 Å². The lowest BCUT2D eigenvalue weighted by Crippen LogP contribution is -2.24. The van der Waals surface area contributed by atoms with E-state index in [4.69, 9.17) is 42.6 Å². The van der Waals surface area contributed by atoms with Crippen LogP contribution in [0.15, 0.2) is 0 Å². The summed E-state index contributed by atoms with van der Waals surface area (Å²) in [4.78, 5) is 12.0. The van der Waals surface area contributed by atoms with Gasteiger partial charge in [-0.3, -0.25) is 4.79 Å². The molecule has 0 amide bonds. The predicted molar refractivity (Wildman–Crippen MR) is 139 cm³/mol. The third kappa shape index (κ3) is 21.7. The predicted octanol–water partition coefficient (Wildman–Crippen LogP) is 3.39. The number of carbonyl (C=O) groups excluding carboxylic acids is 1. The molecule has 220 valence electrons. The first-order valence-corrected chi connectivity index (χ1v) is 14.1. The van der Waals surface area contributed by atoms with Gasteiger partial charge in [0.15, 0.2) is 6.29 Å². The van der Waals surface area contributed by atoms with Crippen LogP contribution in [-0.4, -0.2) is 111 Å². The Morgan fingerprint density at radius 1 is 0.703 bits per heavy atom. The number of hydrogen-bond acceptors (Lipinski definition) is 10. The smallest absolute Gasteiger partial charge is 0.308 e. The minimum atomic E-state index is -0.114. The Labute approximate surface area is 223 Å². The van der Waals surface area contributed by atoms with Crippen molar-refractivity contribution >= 4 is 5.97 Å². The summed E-state index contributed by atoms with van der Waals surface area (Å²) in [6.45, 7) is 11.8. The third-order valence-electron chi connectivity index (χ3n) is 5.73. The molecular weight excluding hydrogens is 484 g/mol. The fourth-order valence-electron chi connectivity index (χ4n) is 3.54. The van der Waals surface area contributed by atoms with E-state index in [1.54, 1.807) is 0 Å². The van der Waals surface area contributed by atoms with Crippen molar-refractivity contribution in [2.45, 2.75) is 65.1 Å². The van der Waals surface area contributed by atoms with Crippen molar-refractivity contribution in [3.63, 3.8) is 0 Å². The molecule has 1 aliphatic heterocycles. The van der Waals surface area contributed by atoms with Gasteiger partial charge < -0.3 is 42.6 Å². The van der Waals surface area contributed by atoms with E-state index >= 15 is 0 Å². The van der Waals surface area contributed by atoms with Crippen LogP contribution in [0.5, 0.6) is 0 Å². The Hall–Kier alpha value is -0.850. The highest BCUT2D eigenvalue weighted by atomic mass is 16.7. The number of esters is 1. The lowest BCUT2D eigenvalue weighted by Gasteiger charge is -2.22. The second-order valence-corrected chi connectivity index (χ2v) is 8.76. The first kappa shape index (κ1) is 34.2. The zero-order valence-electron chi connectivity index (χ0n) is 23.3. The first-order valence-electron chi connectivity index (χ1n) is 14.1. The fraction of sp³-hybridized carbons (Fsp3) is 0.963. The summed E-state index contributed by atoms with van der Waals surface area (Å²) >= 11 is 0. The van der Waals surface area contributed by atoms with E-state index in [0.717, 1.165) is 45.1 Å². The van der Waals surface area contributed by atoms with Crippen LogP contribution in [0.25, 0.3) is 0 Å². The molecule has 10 heteroatoms. The minimum Gasteiger partial charge on any atom is -0.463 e. The zero-order valence-corrected chi connectivity index (χ0v) is 23.3. The van der Waals surface area contributed by atoms with Gasteiger partial charge in [0.2, 0.25) is 0 Å². The highest BCUT2D eigenvalue weighted by Crippen LogP contribution is 2.14. The molecule has 37 heavy (non-hydrogen) atoms. The van der Waals surface area contributed by atoms with Crippen LogP contribution in [0.4, 0.5) is 0 Å². The molecule has 0 spiro atoms. The molecule has 1 fully saturated rings. The van der Waals surface area contributed by atoms with Crippen molar-refractivity contribution in [2.75, 3.05) is 99.1 Å². The van der Waals surface area contributed by atoms with Gasteiger partial charge in [0.1, 0.15) is 6.61 Å². The van der Waals surface area contributed by atoms with Crippen LogP contribution < -0.4 is 0 Å². The fourth-order valence-corrected chi connectivity index (χ4v) is 3.54. The summed E-state index contributed by atoms with van der Waals surface area (Å²) < 4.78 is 49.1. The number of unbranched alkanes of at least 4 members (excludes halogenated alkanes) is 1. The van der Waals surface area contributed by atoms with E-state index in [1.165, 1.54) is 6.42 Å². The molecule has 0 saturated carbocycles. The summed E-state index contributed by atoms with van der Waals surface area (Å²) in [5, 5.41) is 0. The van der Waals surface area contributed by atoms with Crippen LogP contribution in [-0.2, 0) is 47.4 Å². The van der Waals surface area contributed by atoms with Gasteiger partial charge in [-0.1, -0.05) is 26.7 Å². The largest absolute Gasteiger partial charge is 0.463 e. The van der Waals surface area contributed by atoms with Gasteiger partial charge in [-0.25, -0.2) is 0 Å². The molecule has 1 rings (SSSR count). The number of hydrogen-bond donors (Lipinski definition) is 0. The molecular formula is C27H52O10. The van der Waals surface area contributed by atoms with Crippen molar-refractivity contribution in [3.05, 3.63) is 0 Å². The van der Waals surface area contributed by atoms with E-state index in [-0.39, 0.29) is 24.8 Å². The number of ether oxygens (including phenoxy) is 9. The summed E-state index contributed by atoms with van der Waals surface area (Å²) in [6.07, 6.45) is 7.06. The van der Waals surface area contributed by atoms with Gasteiger partial charge in [0.25, 0.3) is 0 Å². The Balaban J connectivity index is 1.69. The molecule has 10 nitrogen and oxygen atoms in total. The summed E-state index contributed by atoms with van der Waals surface area (Å²) in [5.74, 6) is -0.109. The first-order chi connectivity index (χ1) is 18.3. The molecule has 0 bridgehead atoms. The SMILES string of the molecule is CCCCC(CC)C(=O)OCCOCCOCCOCCOCCOCCOCCOC1CCCCO1. The maximum atomic E-state index is 12.0. The number of carbonyl (C=O) groups is 1. The van der Waals surface area contributed by atoms with Crippen molar-refractivity contribution in [2.24, 2.45) is 5.92 Å². The average Bonchev–Trinajstić information content (AvgIpc) is 2.92. The monoisotopic (exact) mass is 536 g/mol. The van der Waals surface area contributed by atoms with Gasteiger partial charge in [-0.05, 0) is 32.1 Å². The normalized spacial score (nSPS) is 16.6. The van der Waals surface area contributed by atoms with E-state index < -0.39 is 0 Å². The molecule has 1 aliphatic rings. The van der Waals surface area contributed by atoms with Crippen LogP contribution in [0.3, 0.4) is 0 Å². The molecule has 0 aromatic heterocycles. The lowest BCUT2D eigenvalue weighted by molar-refractivity contribution is -0.169. The molecule has 2 unspecified atom stereocenters. The Bertz CT molecular complexity index is 488. The van der Waals surface area contributed by atoms with Gasteiger partial charge in [0, 0.05) is 6.61 Å². The number of rotatable bonds is 27. The second-order valence-electron chi connectivity index (χ2n) is 8.76. The summed E-state index contributed by atoms with van der Waals surface area (Å²) in [5.41, 5.74) is 0. The van der Waals surface area contributed by atoms with Crippen molar-refractivity contribution < 1.29 is 47.4 Å². The molecule has 0 radical (unpaired) electrons. The quantitative estimate of drug-likeness (QED) is 0.115. The van der Waals surface area contributed by atoms with Gasteiger partial charge in [-0.2, -0.15) is 0 Å². The molecule has 0 aromatic carbocycles. The average molecular weight is 537 g/mol. The van der Waals surface area contributed by atoms with Gasteiger partial charge >= 0.3 is 5.97 Å². The van der Waals surface area contributed by atoms with Crippen molar-refractivity contribution in [1.82, 2.24) is 0 Å². The highest BCUT2D eigenvalue weighted by molar-refractivity contribution is 5.72. The Kier molecular flexibility index (Phi) is 24.7. The minimum absolute atomic E-state index is 0.00479. The molecule has 0 aliphatic carbocycles. The molecule has 0 N–H and O–H groups in total. The summed E-state index contributed by atoms with van der Waals surface area (Å²) in [6, 6.07) is 0. The van der Waals surface area contributed by atoms with Crippen molar-refractivity contribution in [1.29, 1.82) is 0 Å². The van der Waals surface area contributed by atoms with E-state index in [2.05, 4.69) is 6.92 Å². The second kappa shape index (κ2) is 26.7. The summed E-state index contributed by atoms with van der Waals surface area (Å²) in [7, 11) is 0. The maximum Gasteiger partial charge on any atom is 0.308 e. The standard InChI is InChI=1S/C27H52O10/c1-3-5-8-25(4-2)27(28)37-24-22-34-20-18-32-16-14-30-12-11-29-13-15-31-17-19-33-21-23-36-26-9-6-7-10-35-26/h25-26H,3-24H2,1-2H3. The van der Waals surface area contributed by atoms with Crippen LogP contribution >= 0.6 is 0 Å². The Morgan fingerprint density at radius 3 is 1.62 bits per heavy atom. The molecule has 1 saturated heterocycles. The topological polar surface area (TPSA) is 100 Å². The Morgan fingerprint density at radius 2 is 1.19 bits per heavy atom. The zero-order chi connectivity index (χ0) is 26.7. The molecule has 1 heterocycles. The van der Waals surface area contributed by atoms with Crippen LogP contribution in [0.1, 0.15) is 58.8 Å². The third-order valence-corrected chi connectivity index (χ3v) is 5.73. The van der Waals surface area contributed by atoms with E-state index in [9.17, 15) is 4.79 Å². The van der Waals surface area contributed by atoms with Gasteiger partial charge in [-0.15, -0.1) is 0 Å². The molecule has 2 atom stereocenters. The van der Waals surface area contributed by atoms with Crippen molar-refractivity contribution in [3.8, 4) is 0 Å². The van der Waals surface area contributed by atoms with E-state index in [1.807, 2.05) is 6.92 Å². The van der Waals surface area contributed by atoms with Crippen LogP contribution in [0.2, 0.25) is 0 Å². The van der Waals surface area contributed by atoms with E-state index in [0.29, 0.717) is 85.9 Å². The van der Waals surface area contributed by atoms with Gasteiger partial charge in [0.05, 0.1) is 91.8 Å². The highest BCUT2D eigenvalue weighted by Gasteiger charge is 2.17. The molecule has 0 aromatic rings.